The molecule has 3 N–H and O–H groups in total. The molecule has 0 amide bonds. The Balaban J connectivity index is 0.00000201. The highest BCUT2D eigenvalue weighted by molar-refractivity contribution is 6.19. The van der Waals surface area contributed by atoms with Gasteiger partial charge in [0.15, 0.2) is 5.78 Å². The quantitative estimate of drug-likeness (QED) is 0.272. The molecule has 0 bridgehead atoms. The van der Waals surface area contributed by atoms with Crippen LogP contribution in [0.3, 0.4) is 0 Å². The number of aromatic nitrogens is 1. The van der Waals surface area contributed by atoms with Gasteiger partial charge in [0.05, 0.1) is 18.7 Å². The SMILES string of the molecule is CC.CC.CN.Cc1c(C(=O)CN2CCCC(COc3ccc(C(F)(F)F)cc3)C2)c[nH]c1/C=C\CCl. The molecular formula is C28H43ClF3N3O2. The second kappa shape index (κ2) is 18.9. The Morgan fingerprint density at radius 3 is 2.38 bits per heavy atom. The van der Waals surface area contributed by atoms with Gasteiger partial charge in [-0.3, -0.25) is 9.69 Å². The monoisotopic (exact) mass is 545 g/mol. The van der Waals surface area contributed by atoms with Gasteiger partial charge in [-0.15, -0.1) is 11.6 Å². The predicted molar refractivity (Wildman–Crippen MR) is 149 cm³/mol. The molecule has 0 spiro atoms. The summed E-state index contributed by atoms with van der Waals surface area (Å²) in [7, 11) is 1.50. The first-order valence-corrected chi connectivity index (χ1v) is 13.3. The van der Waals surface area contributed by atoms with E-state index in [0.717, 1.165) is 49.3 Å². The van der Waals surface area contributed by atoms with E-state index in [1.807, 2.05) is 46.8 Å². The number of H-pyrrole nitrogens is 1. The number of halogens is 4. The fourth-order valence-corrected chi connectivity index (χ4v) is 3.90. The molecule has 1 aliphatic rings. The van der Waals surface area contributed by atoms with Gasteiger partial charge in [-0.05, 0) is 69.3 Å². The van der Waals surface area contributed by atoms with Crippen molar-refractivity contribution in [1.82, 2.24) is 9.88 Å². The van der Waals surface area contributed by atoms with Crippen LogP contribution in [0.1, 0.15) is 67.7 Å². The number of Topliss-reactive ketones (excluding diaryl/α,β-unsaturated/α-hetero) is 1. The molecule has 0 radical (unpaired) electrons. The number of allylic oxidation sites excluding steroid dienone is 1. The van der Waals surface area contributed by atoms with Crippen LogP contribution in [-0.4, -0.2) is 54.8 Å². The van der Waals surface area contributed by atoms with Crippen molar-refractivity contribution < 1.29 is 22.7 Å². The van der Waals surface area contributed by atoms with Crippen LogP contribution in [0.25, 0.3) is 6.08 Å². The highest BCUT2D eigenvalue weighted by Gasteiger charge is 2.30. The van der Waals surface area contributed by atoms with E-state index in [1.54, 1.807) is 6.20 Å². The van der Waals surface area contributed by atoms with Gasteiger partial charge in [0.25, 0.3) is 0 Å². The lowest BCUT2D eigenvalue weighted by atomic mass is 9.98. The number of carbonyl (C=O) groups excluding carboxylic acids is 1. The van der Waals surface area contributed by atoms with Crippen LogP contribution in [0.4, 0.5) is 13.2 Å². The first-order chi connectivity index (χ1) is 17.8. The number of piperidine rings is 1. The summed E-state index contributed by atoms with van der Waals surface area (Å²) in [5.74, 6) is 1.11. The standard InChI is InChI=1S/C23H26ClF3N2O2.2C2H6.CH5N/c1-16-20(12-28-21(16)5-2-10-24)22(30)14-29-11-3-4-17(13-29)15-31-19-8-6-18(7-9-19)23(25,26)27;3*1-2/h2,5-9,12,17,28H,3-4,10-11,13-15H2,1H3;2*1-2H3;2H2,1H3/b5-2-;;;. The molecule has 5 nitrogen and oxygen atoms in total. The maximum Gasteiger partial charge on any atom is 0.416 e. The van der Waals surface area contributed by atoms with Gasteiger partial charge in [-0.25, -0.2) is 0 Å². The lowest BCUT2D eigenvalue weighted by Gasteiger charge is -2.32. The third kappa shape index (κ3) is 11.8. The molecule has 1 saturated heterocycles. The van der Waals surface area contributed by atoms with Crippen LogP contribution in [0.5, 0.6) is 5.75 Å². The lowest BCUT2D eigenvalue weighted by molar-refractivity contribution is -0.137. The summed E-state index contributed by atoms with van der Waals surface area (Å²) < 4.78 is 43.7. The molecule has 0 aliphatic carbocycles. The Morgan fingerprint density at radius 2 is 1.81 bits per heavy atom. The number of nitrogens with one attached hydrogen (secondary N) is 1. The Hall–Kier alpha value is -2.29. The van der Waals surface area contributed by atoms with E-state index < -0.39 is 11.7 Å². The first-order valence-electron chi connectivity index (χ1n) is 12.8. The van der Waals surface area contributed by atoms with Crippen LogP contribution in [0.2, 0.25) is 0 Å². The van der Waals surface area contributed by atoms with Crippen molar-refractivity contribution in [2.75, 3.05) is 39.2 Å². The average molecular weight is 546 g/mol. The minimum atomic E-state index is -4.35. The number of ketones is 1. The van der Waals surface area contributed by atoms with Crippen molar-refractivity contribution >= 4 is 23.5 Å². The van der Waals surface area contributed by atoms with Crippen molar-refractivity contribution in [3.63, 3.8) is 0 Å². The number of nitrogens with zero attached hydrogens (tertiary/aromatic N) is 1. The second-order valence-corrected chi connectivity index (χ2v) is 8.11. The summed E-state index contributed by atoms with van der Waals surface area (Å²) in [5.41, 5.74) is 6.27. The van der Waals surface area contributed by atoms with Gasteiger partial charge >= 0.3 is 6.18 Å². The van der Waals surface area contributed by atoms with Crippen LogP contribution in [0, 0.1) is 12.8 Å². The fourth-order valence-electron chi connectivity index (χ4n) is 3.81. The minimum absolute atomic E-state index is 0.0589. The number of aromatic amines is 1. The highest BCUT2D eigenvalue weighted by Crippen LogP contribution is 2.30. The smallest absolute Gasteiger partial charge is 0.416 e. The largest absolute Gasteiger partial charge is 0.493 e. The molecule has 9 heteroatoms. The summed E-state index contributed by atoms with van der Waals surface area (Å²) in [4.78, 5) is 18.0. The molecule has 1 aromatic carbocycles. The van der Waals surface area contributed by atoms with E-state index in [-0.39, 0.29) is 11.7 Å². The molecule has 37 heavy (non-hydrogen) atoms. The van der Waals surface area contributed by atoms with Crippen LogP contribution < -0.4 is 10.5 Å². The molecule has 1 aromatic heterocycles. The second-order valence-electron chi connectivity index (χ2n) is 7.80. The van der Waals surface area contributed by atoms with Gasteiger partial charge in [0.1, 0.15) is 5.75 Å². The highest BCUT2D eigenvalue weighted by atomic mass is 35.5. The number of likely N-dealkylation sites (tertiary alicyclic amines) is 1. The minimum Gasteiger partial charge on any atom is -0.493 e. The van der Waals surface area contributed by atoms with Gasteiger partial charge in [-0.1, -0.05) is 33.8 Å². The van der Waals surface area contributed by atoms with E-state index in [0.29, 0.717) is 30.3 Å². The number of nitrogens with two attached hydrogens (primary N) is 1. The summed E-state index contributed by atoms with van der Waals surface area (Å²) in [6, 6.07) is 4.74. The normalized spacial score (nSPS) is 15.5. The molecule has 2 heterocycles. The van der Waals surface area contributed by atoms with Crippen molar-refractivity contribution in [2.45, 2.75) is 53.6 Å². The van der Waals surface area contributed by atoms with Gasteiger partial charge < -0.3 is 15.5 Å². The van der Waals surface area contributed by atoms with E-state index >= 15 is 0 Å². The third-order valence-electron chi connectivity index (χ3n) is 5.49. The van der Waals surface area contributed by atoms with Crippen LogP contribution >= 0.6 is 11.6 Å². The Bertz CT molecular complexity index is 912. The fraction of sp³-hybridized carbons (Fsp3) is 0.536. The summed E-state index contributed by atoms with van der Waals surface area (Å²) in [6.45, 7) is 12.2. The van der Waals surface area contributed by atoms with Crippen molar-refractivity contribution in [3.05, 3.63) is 58.9 Å². The number of benzene rings is 1. The van der Waals surface area contributed by atoms with E-state index in [4.69, 9.17) is 16.3 Å². The molecule has 1 aliphatic heterocycles. The predicted octanol–water partition coefficient (Wildman–Crippen LogP) is 7.19. The number of hydrogen-bond donors (Lipinski definition) is 2. The molecule has 1 unspecified atom stereocenters. The van der Waals surface area contributed by atoms with Crippen molar-refractivity contribution in [1.29, 1.82) is 0 Å². The number of carbonyl (C=O) groups is 1. The first kappa shape index (κ1) is 34.7. The molecule has 2 aromatic rings. The van der Waals surface area contributed by atoms with E-state index in [9.17, 15) is 18.0 Å². The molecule has 0 saturated carbocycles. The van der Waals surface area contributed by atoms with Gasteiger partial charge in [0, 0.05) is 35.8 Å². The molecular weight excluding hydrogens is 503 g/mol. The summed E-state index contributed by atoms with van der Waals surface area (Å²) >= 11 is 5.68. The number of hydrogen-bond acceptors (Lipinski definition) is 4. The van der Waals surface area contributed by atoms with E-state index in [1.165, 1.54) is 19.2 Å². The van der Waals surface area contributed by atoms with Crippen molar-refractivity contribution in [2.24, 2.45) is 11.7 Å². The number of ether oxygens (including phenoxy) is 1. The van der Waals surface area contributed by atoms with E-state index in [2.05, 4.69) is 15.6 Å². The zero-order valence-corrected chi connectivity index (χ0v) is 23.7. The summed E-state index contributed by atoms with van der Waals surface area (Å²) in [6.07, 6.45) is 2.98. The molecule has 1 fully saturated rings. The zero-order valence-electron chi connectivity index (χ0n) is 22.9. The van der Waals surface area contributed by atoms with Crippen LogP contribution in [0.15, 0.2) is 36.5 Å². The number of rotatable bonds is 8. The maximum atomic E-state index is 12.8. The maximum absolute atomic E-state index is 12.8. The molecule has 210 valence electrons. The molecule has 3 rings (SSSR count). The topological polar surface area (TPSA) is 71.3 Å². The zero-order chi connectivity index (χ0) is 28.4. The van der Waals surface area contributed by atoms with Gasteiger partial charge in [-0.2, -0.15) is 13.2 Å². The Labute approximate surface area is 225 Å². The average Bonchev–Trinajstić information content (AvgIpc) is 3.29. The Kier molecular flexibility index (Phi) is 17.7. The van der Waals surface area contributed by atoms with Crippen LogP contribution in [-0.2, 0) is 6.18 Å². The van der Waals surface area contributed by atoms with Gasteiger partial charge in [0.2, 0.25) is 0 Å². The lowest BCUT2D eigenvalue weighted by Crippen LogP contribution is -2.40. The van der Waals surface area contributed by atoms with Crippen molar-refractivity contribution in [3.8, 4) is 5.75 Å². The molecule has 1 atom stereocenters. The number of alkyl halides is 4. The Morgan fingerprint density at radius 1 is 1.19 bits per heavy atom. The summed E-state index contributed by atoms with van der Waals surface area (Å²) in [5, 5.41) is 0. The third-order valence-corrected chi connectivity index (χ3v) is 5.67.